The number of carbonyl (C=O) groups is 1. The van der Waals surface area contributed by atoms with E-state index in [1.807, 2.05) is 29.2 Å². The van der Waals surface area contributed by atoms with Crippen molar-refractivity contribution in [2.45, 2.75) is 38.8 Å². The van der Waals surface area contributed by atoms with Crippen molar-refractivity contribution in [1.82, 2.24) is 0 Å². The molecule has 1 aromatic carbocycles. The number of benzene rings is 1. The van der Waals surface area contributed by atoms with Crippen LogP contribution in [-0.4, -0.2) is 19.0 Å². The fourth-order valence-corrected chi connectivity index (χ4v) is 3.39. The summed E-state index contributed by atoms with van der Waals surface area (Å²) in [5, 5.41) is 3.00. The summed E-state index contributed by atoms with van der Waals surface area (Å²) in [4.78, 5) is 17.3. The molecule has 1 aliphatic heterocycles. The predicted molar refractivity (Wildman–Crippen MR) is 102 cm³/mol. The van der Waals surface area contributed by atoms with E-state index in [0.717, 1.165) is 18.0 Å². The first-order chi connectivity index (χ1) is 13.2. The second-order valence-electron chi connectivity index (χ2n) is 7.49. The van der Waals surface area contributed by atoms with E-state index in [9.17, 15) is 18.0 Å². The van der Waals surface area contributed by atoms with Crippen LogP contribution in [0.5, 0.6) is 0 Å². The number of aromatic amines is 1. The minimum atomic E-state index is -4.35. The molecule has 1 aromatic heterocycles. The molecule has 1 aliphatic rings. The number of amides is 1. The van der Waals surface area contributed by atoms with Crippen LogP contribution in [0.3, 0.4) is 0 Å². The average molecular weight is 392 g/mol. The summed E-state index contributed by atoms with van der Waals surface area (Å²) in [7, 11) is 0. The standard InChI is InChI=1S/C21H24F3N3O/c1-14(2)16-4-3-5-18(12-16)26-20(28)15-8-10-27(11-9-15)19-7-6-17(13-25-19)21(22,23)24/h3-7,12-15H,8-11H2,1-2H3,(H,26,28)/p+1. The van der Waals surface area contributed by atoms with Crippen LogP contribution >= 0.6 is 0 Å². The summed E-state index contributed by atoms with van der Waals surface area (Å²) in [6.45, 7) is 5.45. The molecule has 0 aliphatic carbocycles. The van der Waals surface area contributed by atoms with Gasteiger partial charge in [0.05, 0.1) is 18.7 Å². The Morgan fingerprint density at radius 3 is 2.46 bits per heavy atom. The van der Waals surface area contributed by atoms with Crippen LogP contribution in [0.1, 0.15) is 43.7 Å². The highest BCUT2D eigenvalue weighted by Crippen LogP contribution is 2.29. The van der Waals surface area contributed by atoms with Gasteiger partial charge in [-0.25, -0.2) is 4.98 Å². The van der Waals surface area contributed by atoms with Crippen LogP contribution in [0.15, 0.2) is 42.6 Å². The largest absolute Gasteiger partial charge is 0.419 e. The zero-order chi connectivity index (χ0) is 20.3. The Morgan fingerprint density at radius 2 is 1.89 bits per heavy atom. The molecule has 3 rings (SSSR count). The lowest BCUT2D eigenvalue weighted by molar-refractivity contribution is -0.367. The first kappa shape index (κ1) is 20.2. The topological polar surface area (TPSA) is 46.5 Å². The fraction of sp³-hybridized carbons (Fsp3) is 0.429. The molecule has 2 N–H and O–H groups in total. The van der Waals surface area contributed by atoms with Gasteiger partial charge in [-0.3, -0.25) is 9.69 Å². The van der Waals surface area contributed by atoms with E-state index in [4.69, 9.17) is 0 Å². The van der Waals surface area contributed by atoms with Gasteiger partial charge in [0.1, 0.15) is 6.20 Å². The summed E-state index contributed by atoms with van der Waals surface area (Å²) in [6.07, 6.45) is -2.06. The third-order valence-electron chi connectivity index (χ3n) is 5.15. The number of anilines is 2. The molecule has 2 heterocycles. The highest BCUT2D eigenvalue weighted by atomic mass is 19.4. The van der Waals surface area contributed by atoms with Gasteiger partial charge in [0.2, 0.25) is 5.91 Å². The zero-order valence-corrected chi connectivity index (χ0v) is 16.0. The van der Waals surface area contributed by atoms with Crippen LogP contribution in [0.4, 0.5) is 24.7 Å². The number of hydrogen-bond donors (Lipinski definition) is 1. The first-order valence-electron chi connectivity index (χ1n) is 9.49. The van der Waals surface area contributed by atoms with E-state index < -0.39 is 11.7 Å². The molecule has 4 nitrogen and oxygen atoms in total. The molecule has 0 saturated carbocycles. The lowest BCUT2D eigenvalue weighted by atomic mass is 9.95. The maximum Gasteiger partial charge on any atom is 0.419 e. The molecule has 2 aromatic rings. The van der Waals surface area contributed by atoms with E-state index in [2.05, 4.69) is 24.1 Å². The van der Waals surface area contributed by atoms with Gasteiger partial charge in [0.15, 0.2) is 0 Å². The van der Waals surface area contributed by atoms with Gasteiger partial charge in [-0.15, -0.1) is 0 Å². The van der Waals surface area contributed by atoms with E-state index in [1.54, 1.807) is 0 Å². The average Bonchev–Trinajstić information content (AvgIpc) is 2.68. The van der Waals surface area contributed by atoms with Crippen LogP contribution in [0.25, 0.3) is 0 Å². The summed E-state index contributed by atoms with van der Waals surface area (Å²) in [5.41, 5.74) is 1.27. The minimum Gasteiger partial charge on any atom is -0.326 e. The molecule has 0 spiro atoms. The van der Waals surface area contributed by atoms with Gasteiger partial charge >= 0.3 is 6.18 Å². The fourth-order valence-electron chi connectivity index (χ4n) is 3.39. The number of nitrogens with zero attached hydrogens (tertiary/aromatic N) is 1. The molecular formula is C21H25F3N3O+. The lowest BCUT2D eigenvalue weighted by Gasteiger charge is -2.27. The third kappa shape index (κ3) is 4.82. The number of pyridine rings is 1. The van der Waals surface area contributed by atoms with Gasteiger partial charge in [-0.2, -0.15) is 13.2 Å². The SMILES string of the molecule is CC(C)c1cccc(NC(=O)C2CCN(c3ccc(C(F)(F)F)c[nH+]3)CC2)c1. The van der Waals surface area contributed by atoms with Crippen LogP contribution in [-0.2, 0) is 11.0 Å². The van der Waals surface area contributed by atoms with Crippen molar-refractivity contribution < 1.29 is 22.9 Å². The van der Waals surface area contributed by atoms with Crippen molar-refractivity contribution in [1.29, 1.82) is 0 Å². The highest BCUT2D eigenvalue weighted by molar-refractivity contribution is 5.92. The summed E-state index contributed by atoms with van der Waals surface area (Å²) in [6, 6.07) is 10.4. The van der Waals surface area contributed by atoms with Gasteiger partial charge in [0.25, 0.3) is 5.82 Å². The highest BCUT2D eigenvalue weighted by Gasteiger charge is 2.33. The maximum atomic E-state index is 12.7. The van der Waals surface area contributed by atoms with Gasteiger partial charge in [-0.1, -0.05) is 26.0 Å². The molecule has 1 saturated heterocycles. The Kier molecular flexibility index (Phi) is 5.91. The third-order valence-corrected chi connectivity index (χ3v) is 5.15. The number of halogens is 3. The van der Waals surface area contributed by atoms with Crippen molar-refractivity contribution in [3.8, 4) is 0 Å². The lowest BCUT2D eigenvalue weighted by Crippen LogP contribution is -2.40. The predicted octanol–water partition coefficient (Wildman–Crippen LogP) is 4.50. The van der Waals surface area contributed by atoms with Crippen molar-refractivity contribution in [3.05, 3.63) is 53.7 Å². The normalized spacial score (nSPS) is 15.7. The van der Waals surface area contributed by atoms with Gasteiger partial charge in [-0.05, 0) is 42.5 Å². The Balaban J connectivity index is 1.56. The van der Waals surface area contributed by atoms with Crippen molar-refractivity contribution in [3.63, 3.8) is 0 Å². The van der Waals surface area contributed by atoms with Crippen molar-refractivity contribution in [2.24, 2.45) is 5.92 Å². The number of hydrogen-bond acceptors (Lipinski definition) is 2. The number of aromatic nitrogens is 1. The molecular weight excluding hydrogens is 367 g/mol. The summed E-state index contributed by atoms with van der Waals surface area (Å²) >= 11 is 0. The van der Waals surface area contributed by atoms with Crippen molar-refractivity contribution in [2.75, 3.05) is 23.3 Å². The Hall–Kier alpha value is -2.57. The maximum absolute atomic E-state index is 12.7. The number of nitrogens with one attached hydrogen (secondary N) is 2. The number of carbonyl (C=O) groups excluding carboxylic acids is 1. The van der Waals surface area contributed by atoms with E-state index >= 15 is 0 Å². The van der Waals surface area contributed by atoms with E-state index in [0.29, 0.717) is 37.7 Å². The Morgan fingerprint density at radius 1 is 1.18 bits per heavy atom. The van der Waals surface area contributed by atoms with Gasteiger partial charge < -0.3 is 5.32 Å². The van der Waals surface area contributed by atoms with Crippen molar-refractivity contribution >= 4 is 17.4 Å². The minimum absolute atomic E-state index is 0.00282. The molecule has 0 unspecified atom stereocenters. The smallest absolute Gasteiger partial charge is 0.326 e. The second-order valence-corrected chi connectivity index (χ2v) is 7.49. The van der Waals surface area contributed by atoms with E-state index in [1.165, 1.54) is 11.6 Å². The van der Waals surface area contributed by atoms with Crippen LogP contribution < -0.4 is 15.2 Å². The summed E-state index contributed by atoms with van der Waals surface area (Å²) < 4.78 is 38.0. The Labute approximate surface area is 162 Å². The molecule has 0 bridgehead atoms. The number of piperidine rings is 1. The number of H-pyrrole nitrogens is 1. The molecule has 28 heavy (non-hydrogen) atoms. The van der Waals surface area contributed by atoms with Gasteiger partial charge in [0, 0.05) is 17.7 Å². The quantitative estimate of drug-likeness (QED) is 0.833. The van der Waals surface area contributed by atoms with Crippen LogP contribution in [0.2, 0.25) is 0 Å². The molecule has 1 amide bonds. The second kappa shape index (κ2) is 8.20. The molecule has 150 valence electrons. The molecule has 0 atom stereocenters. The molecule has 7 heteroatoms. The monoisotopic (exact) mass is 392 g/mol. The van der Waals surface area contributed by atoms with E-state index in [-0.39, 0.29) is 11.8 Å². The number of rotatable bonds is 4. The number of alkyl halides is 3. The summed E-state index contributed by atoms with van der Waals surface area (Å²) in [5.74, 6) is 0.918. The molecule has 0 radical (unpaired) electrons. The first-order valence-corrected chi connectivity index (χ1v) is 9.49. The molecule has 1 fully saturated rings. The zero-order valence-electron chi connectivity index (χ0n) is 16.0. The van der Waals surface area contributed by atoms with Crippen LogP contribution in [0, 0.1) is 5.92 Å². The Bertz CT molecular complexity index is 810.